The van der Waals surface area contributed by atoms with Crippen molar-refractivity contribution in [1.82, 2.24) is 0 Å². The normalized spacial score (nSPS) is 12.2. The van der Waals surface area contributed by atoms with Gasteiger partial charge in [0.25, 0.3) is 0 Å². The van der Waals surface area contributed by atoms with Gasteiger partial charge in [-0.2, -0.15) is 0 Å². The van der Waals surface area contributed by atoms with Gasteiger partial charge in [0.05, 0.1) is 0 Å². The quantitative estimate of drug-likeness (QED) is 0.881. The number of aliphatic hydroxyl groups is 1. The molecule has 0 spiro atoms. The molecule has 2 rings (SSSR count). The van der Waals surface area contributed by atoms with E-state index in [0.29, 0.717) is 27.4 Å². The van der Waals surface area contributed by atoms with Gasteiger partial charge in [-0.1, -0.05) is 28.1 Å². The highest BCUT2D eigenvalue weighted by Crippen LogP contribution is 2.25. The summed E-state index contributed by atoms with van der Waals surface area (Å²) < 4.78 is 13.5. The van der Waals surface area contributed by atoms with Crippen LogP contribution >= 0.6 is 15.9 Å². The van der Waals surface area contributed by atoms with E-state index in [-0.39, 0.29) is 5.82 Å². The van der Waals surface area contributed by atoms with E-state index in [1.807, 2.05) is 0 Å². The molecule has 0 amide bonds. The molecule has 0 fully saturated rings. The molecule has 4 heteroatoms. The van der Waals surface area contributed by atoms with Crippen molar-refractivity contribution in [3.8, 4) is 0 Å². The Balaban J connectivity index is 2.38. The van der Waals surface area contributed by atoms with Crippen molar-refractivity contribution in [2.75, 3.05) is 0 Å². The van der Waals surface area contributed by atoms with Gasteiger partial charge in [0.15, 0.2) is 0 Å². The van der Waals surface area contributed by atoms with Crippen LogP contribution in [0.1, 0.15) is 27.6 Å². The Morgan fingerprint density at radius 2 is 1.78 bits per heavy atom. The first-order valence-corrected chi connectivity index (χ1v) is 6.08. The standard InChI is InChI=1S/C14H10BrFO2/c15-12-6-9(8-17)5-11(7-12)14(18)10-1-3-13(16)4-2-10/h1-8,14,18H. The molecular formula is C14H10BrFO2. The Hall–Kier alpha value is -1.52. The summed E-state index contributed by atoms with van der Waals surface area (Å²) in [5, 5.41) is 10.2. The second-order valence-electron chi connectivity index (χ2n) is 3.89. The largest absolute Gasteiger partial charge is 0.384 e. The number of halogens is 2. The molecule has 2 aromatic rings. The van der Waals surface area contributed by atoms with Gasteiger partial charge in [-0.3, -0.25) is 4.79 Å². The fourth-order valence-electron chi connectivity index (χ4n) is 1.70. The zero-order valence-electron chi connectivity index (χ0n) is 9.31. The smallest absolute Gasteiger partial charge is 0.150 e. The zero-order chi connectivity index (χ0) is 13.1. The molecule has 1 N–H and O–H groups in total. The Bertz CT molecular complexity index is 567. The summed E-state index contributed by atoms with van der Waals surface area (Å²) in [6, 6.07) is 10.6. The third-order valence-corrected chi connectivity index (χ3v) is 3.04. The number of carbonyl (C=O) groups excluding carboxylic acids is 1. The second-order valence-corrected chi connectivity index (χ2v) is 4.81. The van der Waals surface area contributed by atoms with E-state index < -0.39 is 6.10 Å². The molecule has 0 aromatic heterocycles. The molecule has 0 aliphatic heterocycles. The van der Waals surface area contributed by atoms with E-state index in [1.165, 1.54) is 24.3 Å². The van der Waals surface area contributed by atoms with Crippen LogP contribution in [0, 0.1) is 5.82 Å². The molecule has 2 aromatic carbocycles. The molecule has 1 atom stereocenters. The van der Waals surface area contributed by atoms with Crippen LogP contribution in [-0.2, 0) is 0 Å². The van der Waals surface area contributed by atoms with Gasteiger partial charge in [0, 0.05) is 10.0 Å². The first kappa shape index (κ1) is 12.9. The summed E-state index contributed by atoms with van der Waals surface area (Å²) >= 11 is 3.28. The predicted molar refractivity (Wildman–Crippen MR) is 70.0 cm³/mol. The predicted octanol–water partition coefficient (Wildman–Crippen LogP) is 3.48. The van der Waals surface area contributed by atoms with Gasteiger partial charge < -0.3 is 5.11 Å². The number of carbonyl (C=O) groups is 1. The lowest BCUT2D eigenvalue weighted by molar-refractivity contribution is 0.112. The van der Waals surface area contributed by atoms with Crippen molar-refractivity contribution in [2.24, 2.45) is 0 Å². The summed E-state index contributed by atoms with van der Waals surface area (Å²) in [6.45, 7) is 0. The Morgan fingerprint density at radius 1 is 1.11 bits per heavy atom. The van der Waals surface area contributed by atoms with Crippen molar-refractivity contribution in [2.45, 2.75) is 6.10 Å². The minimum absolute atomic E-state index is 0.353. The summed E-state index contributed by atoms with van der Waals surface area (Å²) in [7, 11) is 0. The Morgan fingerprint density at radius 3 is 2.39 bits per heavy atom. The molecule has 0 saturated heterocycles. The third kappa shape index (κ3) is 2.83. The lowest BCUT2D eigenvalue weighted by atomic mass is 10.00. The second kappa shape index (κ2) is 5.42. The third-order valence-electron chi connectivity index (χ3n) is 2.58. The van der Waals surface area contributed by atoms with E-state index in [4.69, 9.17) is 0 Å². The lowest BCUT2D eigenvalue weighted by Crippen LogP contribution is -2.00. The van der Waals surface area contributed by atoms with Crippen molar-refractivity contribution >= 4 is 22.2 Å². The molecule has 0 radical (unpaired) electrons. The zero-order valence-corrected chi connectivity index (χ0v) is 10.9. The highest BCUT2D eigenvalue weighted by atomic mass is 79.9. The molecule has 18 heavy (non-hydrogen) atoms. The van der Waals surface area contributed by atoms with E-state index >= 15 is 0 Å². The average molecular weight is 309 g/mol. The number of hydrogen-bond donors (Lipinski definition) is 1. The van der Waals surface area contributed by atoms with E-state index in [1.54, 1.807) is 18.2 Å². The van der Waals surface area contributed by atoms with E-state index in [0.717, 1.165) is 0 Å². The minimum Gasteiger partial charge on any atom is -0.384 e. The van der Waals surface area contributed by atoms with Crippen molar-refractivity contribution in [3.05, 3.63) is 69.4 Å². The number of rotatable bonds is 3. The summed E-state index contributed by atoms with van der Waals surface area (Å²) in [4.78, 5) is 10.8. The van der Waals surface area contributed by atoms with Gasteiger partial charge in [-0.15, -0.1) is 0 Å². The highest BCUT2D eigenvalue weighted by molar-refractivity contribution is 9.10. The molecule has 0 aliphatic rings. The van der Waals surface area contributed by atoms with E-state index in [9.17, 15) is 14.3 Å². The summed E-state index contributed by atoms with van der Waals surface area (Å²) in [5.74, 6) is -0.353. The molecule has 92 valence electrons. The fourth-order valence-corrected chi connectivity index (χ4v) is 2.23. The maximum absolute atomic E-state index is 12.8. The molecule has 2 nitrogen and oxygen atoms in total. The molecule has 0 aliphatic carbocycles. The van der Waals surface area contributed by atoms with Crippen molar-refractivity contribution < 1.29 is 14.3 Å². The van der Waals surface area contributed by atoms with Gasteiger partial charge in [-0.05, 0) is 41.5 Å². The number of hydrogen-bond acceptors (Lipinski definition) is 2. The number of benzene rings is 2. The van der Waals surface area contributed by atoms with E-state index in [2.05, 4.69) is 15.9 Å². The van der Waals surface area contributed by atoms with Crippen molar-refractivity contribution in [3.63, 3.8) is 0 Å². The number of aliphatic hydroxyl groups excluding tert-OH is 1. The van der Waals surface area contributed by atoms with Gasteiger partial charge >= 0.3 is 0 Å². The maximum Gasteiger partial charge on any atom is 0.150 e. The van der Waals surface area contributed by atoms with Gasteiger partial charge in [0.1, 0.15) is 18.2 Å². The highest BCUT2D eigenvalue weighted by Gasteiger charge is 2.12. The Labute approximate surface area is 112 Å². The van der Waals surface area contributed by atoms with Crippen LogP contribution in [0.15, 0.2) is 46.9 Å². The van der Waals surface area contributed by atoms with Crippen LogP contribution < -0.4 is 0 Å². The monoisotopic (exact) mass is 308 g/mol. The fraction of sp³-hybridized carbons (Fsp3) is 0.0714. The first-order chi connectivity index (χ1) is 8.60. The molecule has 0 heterocycles. The molecular weight excluding hydrogens is 299 g/mol. The Kier molecular flexibility index (Phi) is 3.89. The number of aldehydes is 1. The van der Waals surface area contributed by atoms with Crippen LogP contribution in [0.25, 0.3) is 0 Å². The molecule has 0 bridgehead atoms. The molecule has 1 unspecified atom stereocenters. The summed E-state index contributed by atoms with van der Waals surface area (Å²) in [6.07, 6.45) is -0.173. The topological polar surface area (TPSA) is 37.3 Å². The van der Waals surface area contributed by atoms with Crippen LogP contribution in [-0.4, -0.2) is 11.4 Å². The lowest BCUT2D eigenvalue weighted by Gasteiger charge is -2.12. The average Bonchev–Trinajstić information content (AvgIpc) is 2.38. The van der Waals surface area contributed by atoms with Crippen LogP contribution in [0.2, 0.25) is 0 Å². The van der Waals surface area contributed by atoms with Gasteiger partial charge in [0.2, 0.25) is 0 Å². The first-order valence-electron chi connectivity index (χ1n) is 5.29. The van der Waals surface area contributed by atoms with Crippen LogP contribution in [0.3, 0.4) is 0 Å². The van der Waals surface area contributed by atoms with Gasteiger partial charge in [-0.25, -0.2) is 4.39 Å². The van der Waals surface area contributed by atoms with Crippen molar-refractivity contribution in [1.29, 1.82) is 0 Å². The van der Waals surface area contributed by atoms with Crippen LogP contribution in [0.5, 0.6) is 0 Å². The maximum atomic E-state index is 12.8. The summed E-state index contributed by atoms with van der Waals surface area (Å²) in [5.41, 5.74) is 1.63. The minimum atomic E-state index is -0.887. The molecule has 0 saturated carbocycles. The SMILES string of the molecule is O=Cc1cc(Br)cc(C(O)c2ccc(F)cc2)c1. The van der Waals surface area contributed by atoms with Crippen LogP contribution in [0.4, 0.5) is 4.39 Å².